The normalized spacial score (nSPS) is 17.9. The van der Waals surface area contributed by atoms with Crippen LogP contribution < -0.4 is 0 Å². The SMILES string of the molecule is CN1CCN(CCC(=O)c2ccc(F)cn2)CC1. The highest BCUT2D eigenvalue weighted by molar-refractivity contribution is 5.94. The zero-order valence-corrected chi connectivity index (χ0v) is 10.6. The average molecular weight is 251 g/mol. The van der Waals surface area contributed by atoms with Crippen molar-refractivity contribution in [3.63, 3.8) is 0 Å². The van der Waals surface area contributed by atoms with E-state index in [0.717, 1.165) is 38.9 Å². The number of Topliss-reactive ketones (excluding diaryl/α,β-unsaturated/α-hetero) is 1. The fourth-order valence-corrected chi connectivity index (χ4v) is 2.00. The molecule has 0 bridgehead atoms. The summed E-state index contributed by atoms with van der Waals surface area (Å²) in [5.74, 6) is -0.431. The molecule has 1 aromatic heterocycles. The standard InChI is InChI=1S/C13H18FN3O/c1-16-6-8-17(9-7-16)5-4-13(18)12-3-2-11(14)10-15-12/h2-3,10H,4-9H2,1H3. The van der Waals surface area contributed by atoms with Gasteiger partial charge in [-0.3, -0.25) is 9.78 Å². The lowest BCUT2D eigenvalue weighted by Crippen LogP contribution is -2.45. The predicted molar refractivity (Wildman–Crippen MR) is 67.1 cm³/mol. The fourth-order valence-electron chi connectivity index (χ4n) is 2.00. The summed E-state index contributed by atoms with van der Waals surface area (Å²) in [4.78, 5) is 20.2. The van der Waals surface area contributed by atoms with Gasteiger partial charge in [-0.15, -0.1) is 0 Å². The molecule has 0 amide bonds. The first-order chi connectivity index (χ1) is 8.65. The number of carbonyl (C=O) groups excluding carboxylic acids is 1. The topological polar surface area (TPSA) is 36.4 Å². The number of pyridine rings is 1. The summed E-state index contributed by atoms with van der Waals surface area (Å²) >= 11 is 0. The summed E-state index contributed by atoms with van der Waals surface area (Å²) in [6.45, 7) is 4.85. The van der Waals surface area contributed by atoms with Crippen molar-refractivity contribution in [3.05, 3.63) is 29.8 Å². The van der Waals surface area contributed by atoms with Crippen LogP contribution >= 0.6 is 0 Å². The molecule has 4 nitrogen and oxygen atoms in total. The lowest BCUT2D eigenvalue weighted by atomic mass is 10.2. The van der Waals surface area contributed by atoms with Gasteiger partial charge < -0.3 is 9.80 Å². The van der Waals surface area contributed by atoms with Crippen molar-refractivity contribution in [1.29, 1.82) is 0 Å². The second-order valence-electron chi connectivity index (χ2n) is 4.68. The summed E-state index contributed by atoms with van der Waals surface area (Å²) < 4.78 is 12.7. The van der Waals surface area contributed by atoms with E-state index in [9.17, 15) is 9.18 Å². The highest BCUT2D eigenvalue weighted by Gasteiger charge is 2.15. The molecular formula is C13H18FN3O. The molecule has 98 valence electrons. The van der Waals surface area contributed by atoms with E-state index in [1.807, 2.05) is 0 Å². The number of carbonyl (C=O) groups is 1. The van der Waals surface area contributed by atoms with Gasteiger partial charge in [-0.05, 0) is 19.2 Å². The van der Waals surface area contributed by atoms with Crippen molar-refractivity contribution in [2.24, 2.45) is 0 Å². The lowest BCUT2D eigenvalue weighted by molar-refractivity contribution is 0.0937. The molecule has 1 aliphatic heterocycles. The highest BCUT2D eigenvalue weighted by atomic mass is 19.1. The fraction of sp³-hybridized carbons (Fsp3) is 0.538. The molecule has 0 aliphatic carbocycles. The van der Waals surface area contributed by atoms with E-state index < -0.39 is 5.82 Å². The zero-order chi connectivity index (χ0) is 13.0. The van der Waals surface area contributed by atoms with Gasteiger partial charge in [0.05, 0.1) is 6.20 Å². The Kier molecular flexibility index (Phi) is 4.38. The Morgan fingerprint density at radius 2 is 2.06 bits per heavy atom. The molecule has 1 saturated heterocycles. The summed E-state index contributed by atoms with van der Waals surface area (Å²) in [6.07, 6.45) is 1.53. The molecular weight excluding hydrogens is 233 g/mol. The number of hydrogen-bond acceptors (Lipinski definition) is 4. The molecule has 1 aromatic rings. The van der Waals surface area contributed by atoms with E-state index in [1.54, 1.807) is 0 Å². The maximum Gasteiger partial charge on any atom is 0.182 e. The number of hydrogen-bond donors (Lipinski definition) is 0. The maximum absolute atomic E-state index is 12.7. The van der Waals surface area contributed by atoms with Gasteiger partial charge in [0.2, 0.25) is 0 Å². The van der Waals surface area contributed by atoms with E-state index in [-0.39, 0.29) is 5.78 Å². The van der Waals surface area contributed by atoms with Crippen LogP contribution in [0.5, 0.6) is 0 Å². The van der Waals surface area contributed by atoms with Gasteiger partial charge in [-0.25, -0.2) is 4.39 Å². The molecule has 0 saturated carbocycles. The summed E-state index contributed by atoms with van der Waals surface area (Å²) in [6, 6.07) is 2.72. The van der Waals surface area contributed by atoms with Crippen LogP contribution in [0.3, 0.4) is 0 Å². The van der Waals surface area contributed by atoms with Gasteiger partial charge in [-0.1, -0.05) is 0 Å². The van der Waals surface area contributed by atoms with Crippen LogP contribution in [0.25, 0.3) is 0 Å². The summed E-state index contributed by atoms with van der Waals surface area (Å²) in [5, 5.41) is 0. The smallest absolute Gasteiger partial charge is 0.182 e. The number of rotatable bonds is 4. The summed E-state index contributed by atoms with van der Waals surface area (Å²) in [5.41, 5.74) is 0.352. The number of nitrogens with zero attached hydrogens (tertiary/aromatic N) is 3. The largest absolute Gasteiger partial charge is 0.304 e. The van der Waals surface area contributed by atoms with Crippen molar-refractivity contribution >= 4 is 5.78 Å². The van der Waals surface area contributed by atoms with Crippen LogP contribution in [-0.4, -0.2) is 60.3 Å². The third-order valence-electron chi connectivity index (χ3n) is 3.26. The zero-order valence-electron chi connectivity index (χ0n) is 10.6. The molecule has 0 aromatic carbocycles. The Hall–Kier alpha value is -1.33. The molecule has 2 rings (SSSR count). The van der Waals surface area contributed by atoms with E-state index >= 15 is 0 Å². The van der Waals surface area contributed by atoms with Gasteiger partial charge in [0.15, 0.2) is 5.78 Å². The molecule has 0 unspecified atom stereocenters. The monoisotopic (exact) mass is 251 g/mol. The highest BCUT2D eigenvalue weighted by Crippen LogP contribution is 2.05. The van der Waals surface area contributed by atoms with Gasteiger partial charge in [-0.2, -0.15) is 0 Å². The van der Waals surface area contributed by atoms with E-state index in [0.29, 0.717) is 12.1 Å². The Balaban J connectivity index is 1.79. The van der Waals surface area contributed by atoms with Crippen molar-refractivity contribution in [2.45, 2.75) is 6.42 Å². The third kappa shape index (κ3) is 3.58. The van der Waals surface area contributed by atoms with Crippen molar-refractivity contribution in [1.82, 2.24) is 14.8 Å². The van der Waals surface area contributed by atoms with Crippen LogP contribution in [0.2, 0.25) is 0 Å². The predicted octanol–water partition coefficient (Wildman–Crippen LogP) is 1.04. The van der Waals surface area contributed by atoms with Crippen molar-refractivity contribution in [3.8, 4) is 0 Å². The molecule has 5 heteroatoms. The average Bonchev–Trinajstić information content (AvgIpc) is 2.38. The van der Waals surface area contributed by atoms with Crippen molar-refractivity contribution in [2.75, 3.05) is 39.8 Å². The van der Waals surface area contributed by atoms with Crippen molar-refractivity contribution < 1.29 is 9.18 Å². The molecule has 0 spiro atoms. The summed E-state index contributed by atoms with van der Waals surface area (Å²) in [7, 11) is 2.10. The van der Waals surface area contributed by atoms with Crippen LogP contribution in [0.1, 0.15) is 16.9 Å². The second kappa shape index (κ2) is 6.02. The number of likely N-dealkylation sites (N-methyl/N-ethyl adjacent to an activating group) is 1. The van der Waals surface area contributed by atoms with Gasteiger partial charge in [0, 0.05) is 39.1 Å². The lowest BCUT2D eigenvalue weighted by Gasteiger charge is -2.32. The molecule has 0 atom stereocenters. The quantitative estimate of drug-likeness (QED) is 0.749. The first-order valence-corrected chi connectivity index (χ1v) is 6.21. The minimum Gasteiger partial charge on any atom is -0.304 e. The van der Waals surface area contributed by atoms with E-state index in [2.05, 4.69) is 21.8 Å². The number of piperazine rings is 1. The molecule has 2 heterocycles. The van der Waals surface area contributed by atoms with E-state index in [4.69, 9.17) is 0 Å². The number of aromatic nitrogens is 1. The Bertz CT molecular complexity index is 399. The van der Waals surface area contributed by atoms with Crippen LogP contribution in [0, 0.1) is 5.82 Å². The number of halogens is 1. The molecule has 1 aliphatic rings. The van der Waals surface area contributed by atoms with Gasteiger partial charge >= 0.3 is 0 Å². The van der Waals surface area contributed by atoms with E-state index in [1.165, 1.54) is 12.1 Å². The Labute approximate surface area is 106 Å². The molecule has 0 radical (unpaired) electrons. The second-order valence-corrected chi connectivity index (χ2v) is 4.68. The maximum atomic E-state index is 12.7. The minimum absolute atomic E-state index is 0.0195. The van der Waals surface area contributed by atoms with Crippen LogP contribution in [0.15, 0.2) is 18.3 Å². The first-order valence-electron chi connectivity index (χ1n) is 6.21. The Morgan fingerprint density at radius 1 is 1.33 bits per heavy atom. The third-order valence-corrected chi connectivity index (χ3v) is 3.26. The van der Waals surface area contributed by atoms with Gasteiger partial charge in [0.25, 0.3) is 0 Å². The van der Waals surface area contributed by atoms with Gasteiger partial charge in [0.1, 0.15) is 11.5 Å². The number of ketones is 1. The van der Waals surface area contributed by atoms with Crippen LogP contribution in [-0.2, 0) is 0 Å². The first kappa shape index (κ1) is 13.1. The minimum atomic E-state index is -0.411. The van der Waals surface area contributed by atoms with Crippen LogP contribution in [0.4, 0.5) is 4.39 Å². The molecule has 18 heavy (non-hydrogen) atoms. The molecule has 0 N–H and O–H groups in total. The molecule has 1 fully saturated rings. The Morgan fingerprint density at radius 3 is 2.67 bits per heavy atom.